The Balaban J connectivity index is 1.71. The van der Waals surface area contributed by atoms with E-state index in [0.29, 0.717) is 17.7 Å². The number of hydrogen-bond acceptors (Lipinski definition) is 3. The summed E-state index contributed by atoms with van der Waals surface area (Å²) in [6, 6.07) is 4.73. The highest BCUT2D eigenvalue weighted by atomic mass is 19.4. The van der Waals surface area contributed by atoms with Crippen LogP contribution in [0.4, 0.5) is 13.2 Å². The molecule has 9 heteroatoms. The molecular weight excluding hydrogens is 409 g/mol. The molecule has 0 bridgehead atoms. The van der Waals surface area contributed by atoms with Crippen LogP contribution in [0.25, 0.3) is 5.69 Å². The van der Waals surface area contributed by atoms with Gasteiger partial charge >= 0.3 is 6.18 Å². The van der Waals surface area contributed by atoms with E-state index in [9.17, 15) is 22.8 Å². The zero-order valence-corrected chi connectivity index (χ0v) is 17.8. The Morgan fingerprint density at radius 2 is 1.97 bits per heavy atom. The van der Waals surface area contributed by atoms with Gasteiger partial charge in [0, 0.05) is 18.0 Å². The normalized spacial score (nSPS) is 19.3. The van der Waals surface area contributed by atoms with Gasteiger partial charge in [0.05, 0.1) is 28.7 Å². The van der Waals surface area contributed by atoms with Gasteiger partial charge in [0.25, 0.3) is 5.91 Å². The maximum absolute atomic E-state index is 13.0. The highest BCUT2D eigenvalue weighted by Gasteiger charge is 2.31. The highest BCUT2D eigenvalue weighted by molar-refractivity contribution is 5.95. The first-order valence-corrected chi connectivity index (χ1v) is 10.4. The first kappa shape index (κ1) is 22.8. The van der Waals surface area contributed by atoms with Crippen LogP contribution in [0, 0.1) is 12.8 Å². The summed E-state index contributed by atoms with van der Waals surface area (Å²) in [7, 11) is 0. The first-order valence-electron chi connectivity index (χ1n) is 10.4. The van der Waals surface area contributed by atoms with Crippen LogP contribution < -0.4 is 10.6 Å². The molecule has 0 radical (unpaired) electrons. The zero-order valence-electron chi connectivity index (χ0n) is 17.8. The summed E-state index contributed by atoms with van der Waals surface area (Å²) in [5, 5.41) is 10.0. The third-order valence-corrected chi connectivity index (χ3v) is 5.48. The average Bonchev–Trinajstić information content (AvgIpc) is 3.08. The van der Waals surface area contributed by atoms with Crippen LogP contribution in [0.2, 0.25) is 0 Å². The third-order valence-electron chi connectivity index (χ3n) is 5.48. The molecule has 31 heavy (non-hydrogen) atoms. The Labute approximate surface area is 179 Å². The number of amides is 2. The second-order valence-corrected chi connectivity index (χ2v) is 8.30. The van der Waals surface area contributed by atoms with Crippen molar-refractivity contribution in [3.05, 3.63) is 47.3 Å². The summed E-state index contributed by atoms with van der Waals surface area (Å²) < 4.78 is 40.4. The molecular formula is C22H27F3N4O2. The van der Waals surface area contributed by atoms with Crippen LogP contribution in [0.5, 0.6) is 0 Å². The highest BCUT2D eigenvalue weighted by Crippen LogP contribution is 2.30. The van der Waals surface area contributed by atoms with Crippen molar-refractivity contribution in [1.29, 1.82) is 0 Å². The molecule has 6 nitrogen and oxygen atoms in total. The molecule has 2 N–H and O–H groups in total. The van der Waals surface area contributed by atoms with Crippen molar-refractivity contribution in [3.8, 4) is 5.69 Å². The standard InChI is InChI=1S/C22H27F3N4O2/c1-13(2)27-20(30)15-6-4-8-17(10-15)28-21(31)19-12-26-29(14(19)3)18-9-5-7-16(11-18)22(23,24)25/h5,7,9,11-13,15,17H,4,6,8,10H2,1-3H3,(H,27,30)(H,28,31). The molecule has 1 aliphatic carbocycles. The summed E-state index contributed by atoms with van der Waals surface area (Å²) in [5.74, 6) is -0.483. The molecule has 2 aromatic rings. The van der Waals surface area contributed by atoms with Crippen LogP contribution in [-0.2, 0) is 11.0 Å². The first-order chi connectivity index (χ1) is 14.6. The number of alkyl halides is 3. The monoisotopic (exact) mass is 436 g/mol. The number of carbonyl (C=O) groups is 2. The molecule has 1 fully saturated rings. The second-order valence-electron chi connectivity index (χ2n) is 8.30. The number of benzene rings is 1. The Bertz CT molecular complexity index is 952. The van der Waals surface area contributed by atoms with Gasteiger partial charge in [-0.25, -0.2) is 4.68 Å². The molecule has 1 heterocycles. The van der Waals surface area contributed by atoms with E-state index < -0.39 is 11.7 Å². The topological polar surface area (TPSA) is 76.0 Å². The van der Waals surface area contributed by atoms with E-state index in [2.05, 4.69) is 15.7 Å². The van der Waals surface area contributed by atoms with E-state index in [0.717, 1.165) is 31.4 Å². The molecule has 168 valence electrons. The van der Waals surface area contributed by atoms with E-state index >= 15 is 0 Å². The van der Waals surface area contributed by atoms with Crippen LogP contribution in [-0.4, -0.2) is 33.7 Å². The average molecular weight is 436 g/mol. The number of hydrogen-bond donors (Lipinski definition) is 2. The minimum Gasteiger partial charge on any atom is -0.354 e. The van der Waals surface area contributed by atoms with E-state index in [-0.39, 0.29) is 35.5 Å². The molecule has 2 unspecified atom stereocenters. The van der Waals surface area contributed by atoms with Gasteiger partial charge in [0.15, 0.2) is 0 Å². The van der Waals surface area contributed by atoms with Crippen LogP contribution in [0.1, 0.15) is 61.1 Å². The molecule has 0 spiro atoms. The SMILES string of the molecule is Cc1c(C(=O)NC2CCCC(C(=O)NC(C)C)C2)cnn1-c1cccc(C(F)(F)F)c1. The lowest BCUT2D eigenvalue weighted by Crippen LogP contribution is -2.43. The van der Waals surface area contributed by atoms with E-state index in [4.69, 9.17) is 0 Å². The summed E-state index contributed by atoms with van der Waals surface area (Å²) in [4.78, 5) is 25.1. The lowest BCUT2D eigenvalue weighted by Gasteiger charge is -2.29. The Kier molecular flexibility index (Phi) is 6.71. The largest absolute Gasteiger partial charge is 0.416 e. The van der Waals surface area contributed by atoms with Gasteiger partial charge in [-0.15, -0.1) is 0 Å². The molecule has 1 saturated carbocycles. The molecule has 3 rings (SSSR count). The lowest BCUT2D eigenvalue weighted by molar-refractivity contribution is -0.137. The van der Waals surface area contributed by atoms with Crippen molar-refractivity contribution in [2.24, 2.45) is 5.92 Å². The van der Waals surface area contributed by atoms with Crippen molar-refractivity contribution >= 4 is 11.8 Å². The number of carbonyl (C=O) groups excluding carboxylic acids is 2. The summed E-state index contributed by atoms with van der Waals surface area (Å²) in [6.45, 7) is 5.46. The molecule has 0 saturated heterocycles. The number of nitrogens with one attached hydrogen (secondary N) is 2. The molecule has 2 amide bonds. The summed E-state index contributed by atoms with van der Waals surface area (Å²) >= 11 is 0. The van der Waals surface area contributed by atoms with Crippen LogP contribution in [0.3, 0.4) is 0 Å². The van der Waals surface area contributed by atoms with E-state index in [1.807, 2.05) is 13.8 Å². The van der Waals surface area contributed by atoms with E-state index in [1.54, 1.807) is 6.92 Å². The Hall–Kier alpha value is -2.84. The molecule has 2 atom stereocenters. The molecule has 1 aromatic carbocycles. The van der Waals surface area contributed by atoms with Gasteiger partial charge in [0.2, 0.25) is 5.91 Å². The van der Waals surface area contributed by atoms with Gasteiger partial charge in [-0.05, 0) is 58.2 Å². The summed E-state index contributed by atoms with van der Waals surface area (Å²) in [6.07, 6.45) is -0.141. The predicted octanol–water partition coefficient (Wildman–Crippen LogP) is 4.01. The number of rotatable bonds is 5. The van der Waals surface area contributed by atoms with Crippen LogP contribution >= 0.6 is 0 Å². The van der Waals surface area contributed by atoms with Gasteiger partial charge in [-0.1, -0.05) is 12.5 Å². The van der Waals surface area contributed by atoms with Crippen molar-refractivity contribution in [2.75, 3.05) is 0 Å². The fourth-order valence-corrected chi connectivity index (χ4v) is 3.93. The fraction of sp³-hybridized carbons (Fsp3) is 0.500. The van der Waals surface area contributed by atoms with E-state index in [1.165, 1.54) is 23.0 Å². The number of nitrogens with zero attached hydrogens (tertiary/aromatic N) is 2. The van der Waals surface area contributed by atoms with Gasteiger partial charge < -0.3 is 10.6 Å². The number of aromatic nitrogens is 2. The maximum Gasteiger partial charge on any atom is 0.416 e. The lowest BCUT2D eigenvalue weighted by atomic mass is 9.85. The van der Waals surface area contributed by atoms with Crippen molar-refractivity contribution in [1.82, 2.24) is 20.4 Å². The van der Waals surface area contributed by atoms with Crippen LogP contribution in [0.15, 0.2) is 30.5 Å². The molecule has 0 aliphatic heterocycles. The number of halogens is 3. The van der Waals surface area contributed by atoms with Gasteiger partial charge in [0.1, 0.15) is 0 Å². The molecule has 1 aromatic heterocycles. The quantitative estimate of drug-likeness (QED) is 0.744. The smallest absolute Gasteiger partial charge is 0.354 e. The third kappa shape index (κ3) is 5.45. The Morgan fingerprint density at radius 1 is 1.23 bits per heavy atom. The molecule has 1 aliphatic rings. The predicted molar refractivity (Wildman–Crippen MR) is 110 cm³/mol. The van der Waals surface area contributed by atoms with Crippen molar-refractivity contribution < 1.29 is 22.8 Å². The van der Waals surface area contributed by atoms with Gasteiger partial charge in [-0.3, -0.25) is 9.59 Å². The van der Waals surface area contributed by atoms with Gasteiger partial charge in [-0.2, -0.15) is 18.3 Å². The Morgan fingerprint density at radius 3 is 2.65 bits per heavy atom. The second kappa shape index (κ2) is 9.11. The minimum atomic E-state index is -4.46. The zero-order chi connectivity index (χ0) is 22.8. The minimum absolute atomic E-state index is 0.00231. The maximum atomic E-state index is 13.0. The van der Waals surface area contributed by atoms with Crippen molar-refractivity contribution in [3.63, 3.8) is 0 Å². The summed E-state index contributed by atoms with van der Waals surface area (Å²) in [5.41, 5.74) is 0.196. The fourth-order valence-electron chi connectivity index (χ4n) is 3.93. The van der Waals surface area contributed by atoms with Crippen molar-refractivity contribution in [2.45, 2.75) is 64.7 Å².